The average molecular weight is 299 g/mol. The van der Waals surface area contributed by atoms with Crippen LogP contribution in [0.3, 0.4) is 0 Å². The van der Waals surface area contributed by atoms with Crippen molar-refractivity contribution in [1.29, 1.82) is 5.26 Å². The molecule has 2 aromatic heterocycles. The van der Waals surface area contributed by atoms with Crippen molar-refractivity contribution in [3.8, 4) is 17.6 Å². The molecule has 5 nitrogen and oxygen atoms in total. The number of rotatable bonds is 3. The van der Waals surface area contributed by atoms with Crippen LogP contribution >= 0.6 is 0 Å². The molecule has 22 heavy (non-hydrogen) atoms. The normalized spacial score (nSPS) is 10.4. The third-order valence-corrected chi connectivity index (χ3v) is 3.08. The maximum atomic E-state index is 14.2. The van der Waals surface area contributed by atoms with Gasteiger partial charge in [0.25, 0.3) is 0 Å². The summed E-state index contributed by atoms with van der Waals surface area (Å²) < 4.78 is 33.4. The van der Waals surface area contributed by atoms with Crippen molar-refractivity contribution in [3.63, 3.8) is 0 Å². The maximum absolute atomic E-state index is 14.2. The molecule has 0 fully saturated rings. The highest BCUT2D eigenvalue weighted by Gasteiger charge is 2.22. The van der Waals surface area contributed by atoms with E-state index in [0.717, 1.165) is 0 Å². The largest absolute Gasteiger partial charge is 0.453 e. The molecule has 108 valence electrons. The van der Waals surface area contributed by atoms with Crippen LogP contribution in [0, 0.1) is 23.0 Å². The van der Waals surface area contributed by atoms with Crippen LogP contribution in [0.5, 0.6) is 11.5 Å². The minimum Gasteiger partial charge on any atom is -0.453 e. The minimum atomic E-state index is -1.28. The van der Waals surface area contributed by atoms with Crippen LogP contribution in [-0.4, -0.2) is 16.3 Å². The van der Waals surface area contributed by atoms with E-state index >= 15 is 0 Å². The first-order chi connectivity index (χ1) is 10.7. The molecule has 0 saturated heterocycles. The number of benzene rings is 1. The Labute approximate surface area is 122 Å². The molecule has 0 saturated carbocycles. The number of hydrogen-bond donors (Lipinski definition) is 1. The van der Waals surface area contributed by atoms with Gasteiger partial charge >= 0.3 is 0 Å². The number of hydrogen-bond acceptors (Lipinski definition) is 4. The first-order valence-corrected chi connectivity index (χ1v) is 6.13. The SMILES string of the molecule is N#Cc1cc(Oc2c(F)c(F)c3[nH]ccc3c2C=O)ccn1. The van der Waals surface area contributed by atoms with E-state index in [1.54, 1.807) is 6.07 Å². The number of ether oxygens (including phenoxy) is 1. The molecule has 0 spiro atoms. The summed E-state index contributed by atoms with van der Waals surface area (Å²) in [6, 6.07) is 5.87. The number of carbonyl (C=O) groups is 1. The second-order valence-corrected chi connectivity index (χ2v) is 4.35. The fraction of sp³-hybridized carbons (Fsp3) is 0. The molecule has 0 radical (unpaired) electrons. The molecule has 0 bridgehead atoms. The van der Waals surface area contributed by atoms with Crippen molar-refractivity contribution in [2.45, 2.75) is 0 Å². The van der Waals surface area contributed by atoms with E-state index in [1.807, 2.05) is 0 Å². The third-order valence-electron chi connectivity index (χ3n) is 3.08. The molecule has 0 aliphatic rings. The second-order valence-electron chi connectivity index (χ2n) is 4.35. The molecule has 3 rings (SSSR count). The van der Waals surface area contributed by atoms with Crippen LogP contribution in [0.2, 0.25) is 0 Å². The van der Waals surface area contributed by atoms with Crippen molar-refractivity contribution in [1.82, 2.24) is 9.97 Å². The maximum Gasteiger partial charge on any atom is 0.204 e. The fourth-order valence-corrected chi connectivity index (χ4v) is 2.10. The van der Waals surface area contributed by atoms with Gasteiger partial charge in [-0.2, -0.15) is 9.65 Å². The monoisotopic (exact) mass is 299 g/mol. The highest BCUT2D eigenvalue weighted by molar-refractivity contribution is 6.00. The Kier molecular flexibility index (Phi) is 3.27. The van der Waals surface area contributed by atoms with Crippen LogP contribution in [0.4, 0.5) is 8.78 Å². The summed E-state index contributed by atoms with van der Waals surface area (Å²) in [5.41, 5.74) is -0.182. The lowest BCUT2D eigenvalue weighted by atomic mass is 10.1. The lowest BCUT2D eigenvalue weighted by molar-refractivity contribution is 0.112. The van der Waals surface area contributed by atoms with Gasteiger partial charge in [0.1, 0.15) is 17.5 Å². The van der Waals surface area contributed by atoms with E-state index in [2.05, 4.69) is 9.97 Å². The summed E-state index contributed by atoms with van der Waals surface area (Å²) in [5, 5.41) is 8.99. The van der Waals surface area contributed by atoms with Crippen LogP contribution in [-0.2, 0) is 0 Å². The van der Waals surface area contributed by atoms with Gasteiger partial charge in [-0.1, -0.05) is 0 Å². The molecule has 0 aliphatic heterocycles. The number of aldehydes is 1. The van der Waals surface area contributed by atoms with Gasteiger partial charge in [0, 0.05) is 23.8 Å². The second kappa shape index (κ2) is 5.26. The number of halogens is 2. The summed E-state index contributed by atoms with van der Waals surface area (Å²) >= 11 is 0. The fourth-order valence-electron chi connectivity index (χ4n) is 2.10. The lowest BCUT2D eigenvalue weighted by Crippen LogP contribution is -1.99. The van der Waals surface area contributed by atoms with Crippen molar-refractivity contribution < 1.29 is 18.3 Å². The van der Waals surface area contributed by atoms with Crippen molar-refractivity contribution in [2.24, 2.45) is 0 Å². The Morgan fingerprint density at radius 2 is 2.14 bits per heavy atom. The van der Waals surface area contributed by atoms with Crippen molar-refractivity contribution >= 4 is 17.2 Å². The molecular formula is C15H7F2N3O2. The molecule has 2 heterocycles. The smallest absolute Gasteiger partial charge is 0.204 e. The predicted octanol–water partition coefficient (Wildman–Crippen LogP) is 3.32. The van der Waals surface area contributed by atoms with Crippen LogP contribution in [0.1, 0.15) is 16.1 Å². The van der Waals surface area contributed by atoms with Gasteiger partial charge < -0.3 is 9.72 Å². The Morgan fingerprint density at radius 3 is 2.86 bits per heavy atom. The molecule has 7 heteroatoms. The van der Waals surface area contributed by atoms with Crippen molar-refractivity contribution in [3.05, 3.63) is 53.5 Å². The zero-order valence-electron chi connectivity index (χ0n) is 10.9. The van der Waals surface area contributed by atoms with Gasteiger partial charge in [0.05, 0.1) is 11.1 Å². The highest BCUT2D eigenvalue weighted by Crippen LogP contribution is 2.35. The van der Waals surface area contributed by atoms with E-state index in [1.165, 1.54) is 30.6 Å². The molecule has 1 aromatic carbocycles. The number of carbonyl (C=O) groups excluding carboxylic acids is 1. The van der Waals surface area contributed by atoms with Gasteiger partial charge in [-0.25, -0.2) is 9.37 Å². The summed E-state index contributed by atoms with van der Waals surface area (Å²) in [5.74, 6) is -2.89. The molecule has 3 aromatic rings. The zero-order chi connectivity index (χ0) is 15.7. The average Bonchev–Trinajstić information content (AvgIpc) is 3.02. The number of aromatic amines is 1. The van der Waals surface area contributed by atoms with Crippen LogP contribution in [0.25, 0.3) is 10.9 Å². The van der Waals surface area contributed by atoms with E-state index in [0.29, 0.717) is 6.29 Å². The van der Waals surface area contributed by atoms with Crippen LogP contribution < -0.4 is 4.74 Å². The van der Waals surface area contributed by atoms with Gasteiger partial charge in [-0.15, -0.1) is 0 Å². The van der Waals surface area contributed by atoms with E-state index in [4.69, 9.17) is 10.00 Å². The van der Waals surface area contributed by atoms with E-state index in [9.17, 15) is 13.6 Å². The summed E-state index contributed by atoms with van der Waals surface area (Å²) in [6.07, 6.45) is 3.07. The number of H-pyrrole nitrogens is 1. The number of nitriles is 1. The third kappa shape index (κ3) is 2.07. The van der Waals surface area contributed by atoms with Gasteiger partial charge in [0.2, 0.25) is 5.82 Å². The molecule has 0 atom stereocenters. The lowest BCUT2D eigenvalue weighted by Gasteiger charge is -2.11. The zero-order valence-corrected chi connectivity index (χ0v) is 10.9. The Bertz CT molecular complexity index is 928. The quantitative estimate of drug-likeness (QED) is 0.752. The molecule has 0 aliphatic carbocycles. The molecular weight excluding hydrogens is 292 g/mol. The summed E-state index contributed by atoms with van der Waals surface area (Å²) in [6.45, 7) is 0. The summed E-state index contributed by atoms with van der Waals surface area (Å²) in [7, 11) is 0. The number of fused-ring (bicyclic) bond motifs is 1. The van der Waals surface area contributed by atoms with Crippen molar-refractivity contribution in [2.75, 3.05) is 0 Å². The predicted molar refractivity (Wildman–Crippen MR) is 72.6 cm³/mol. The Balaban J connectivity index is 2.19. The first-order valence-electron chi connectivity index (χ1n) is 6.13. The van der Waals surface area contributed by atoms with Crippen LogP contribution in [0.15, 0.2) is 30.6 Å². The molecule has 0 unspecified atom stereocenters. The number of aromatic nitrogens is 2. The number of nitrogens with zero attached hydrogens (tertiary/aromatic N) is 2. The van der Waals surface area contributed by atoms with Gasteiger partial charge in [0.15, 0.2) is 17.9 Å². The summed E-state index contributed by atoms with van der Waals surface area (Å²) in [4.78, 5) is 17.5. The highest BCUT2D eigenvalue weighted by atomic mass is 19.2. The first kappa shape index (κ1) is 13.7. The Morgan fingerprint density at radius 1 is 1.32 bits per heavy atom. The topological polar surface area (TPSA) is 78.8 Å². The Hall–Kier alpha value is -3.27. The number of nitrogens with one attached hydrogen (secondary N) is 1. The van der Waals surface area contributed by atoms with Gasteiger partial charge in [-0.05, 0) is 12.1 Å². The minimum absolute atomic E-state index is 0.0498. The van der Waals surface area contributed by atoms with Gasteiger partial charge in [-0.3, -0.25) is 4.79 Å². The number of pyridine rings is 1. The molecule has 0 amide bonds. The van der Waals surface area contributed by atoms with E-state index < -0.39 is 17.4 Å². The van der Waals surface area contributed by atoms with E-state index in [-0.39, 0.29) is 27.9 Å². The molecule has 1 N–H and O–H groups in total. The standard InChI is InChI=1S/C15H7F2N3O2/c16-12-13(17)15(11(7-21)10-2-4-20-14(10)12)22-9-1-3-19-8(5-9)6-18/h1-5,7,20H.